The van der Waals surface area contributed by atoms with Crippen molar-refractivity contribution in [2.75, 3.05) is 0 Å². The molecule has 30 heavy (non-hydrogen) atoms. The van der Waals surface area contributed by atoms with Gasteiger partial charge in [0.05, 0.1) is 0 Å². The zero-order chi connectivity index (χ0) is 21.2. The van der Waals surface area contributed by atoms with Crippen LogP contribution in [0.2, 0.25) is 0 Å². The first-order valence-corrected chi connectivity index (χ1v) is 14.8. The number of para-hydroxylation sites is 2. The maximum atomic E-state index is 7.03. The minimum atomic E-state index is -0.165. The standard InChI is InChI=1S/C27H36OP2/c1-17-13-14-18(2)29(17)23-11-7-9-21-25(23)28-26-22(27(21,5)6)10-8-12-24(26)30-19(3)15-16-20(30)4/h7-12,17-20H,13-16H2,1-6H3. The van der Waals surface area contributed by atoms with Crippen molar-refractivity contribution in [2.45, 2.75) is 95.3 Å². The lowest BCUT2D eigenvalue weighted by molar-refractivity contribution is 0.424. The van der Waals surface area contributed by atoms with Crippen LogP contribution in [0.15, 0.2) is 36.4 Å². The van der Waals surface area contributed by atoms with E-state index < -0.39 is 0 Å². The number of ether oxygens (including phenoxy) is 1. The summed E-state index contributed by atoms with van der Waals surface area (Å²) in [4.78, 5) is 0. The summed E-state index contributed by atoms with van der Waals surface area (Å²) >= 11 is 0. The minimum absolute atomic E-state index is 0.0159. The summed E-state index contributed by atoms with van der Waals surface area (Å²) in [6.07, 6.45) is 5.45. The fourth-order valence-corrected chi connectivity index (χ4v) is 12.9. The molecular weight excluding hydrogens is 402 g/mol. The van der Waals surface area contributed by atoms with E-state index in [2.05, 4.69) is 77.9 Å². The van der Waals surface area contributed by atoms with E-state index in [0.29, 0.717) is 0 Å². The maximum absolute atomic E-state index is 7.03. The number of benzene rings is 2. The van der Waals surface area contributed by atoms with Gasteiger partial charge >= 0.3 is 0 Å². The Labute approximate surface area is 185 Å². The second-order valence-corrected chi connectivity index (χ2v) is 16.5. The van der Waals surface area contributed by atoms with Crippen LogP contribution in [0.4, 0.5) is 0 Å². The third-order valence-electron chi connectivity index (χ3n) is 8.00. The van der Waals surface area contributed by atoms with E-state index in [9.17, 15) is 0 Å². The number of fused-ring (bicyclic) bond motifs is 2. The zero-order valence-electron chi connectivity index (χ0n) is 19.4. The molecule has 4 unspecified atom stereocenters. The molecule has 3 aliphatic rings. The summed E-state index contributed by atoms with van der Waals surface area (Å²) in [6, 6.07) is 14.0. The molecule has 2 aromatic rings. The Morgan fingerprint density at radius 2 is 1.03 bits per heavy atom. The van der Waals surface area contributed by atoms with Crippen molar-refractivity contribution in [3.63, 3.8) is 0 Å². The number of hydrogen-bond donors (Lipinski definition) is 0. The highest BCUT2D eigenvalue weighted by Crippen LogP contribution is 2.61. The molecule has 2 aromatic carbocycles. The summed E-state index contributed by atoms with van der Waals surface area (Å²) in [6.45, 7) is 14.7. The van der Waals surface area contributed by atoms with Crippen LogP contribution in [-0.2, 0) is 5.41 Å². The predicted molar refractivity (Wildman–Crippen MR) is 135 cm³/mol. The summed E-state index contributed by atoms with van der Waals surface area (Å²) < 4.78 is 7.03. The van der Waals surface area contributed by atoms with Gasteiger partial charge in [0.25, 0.3) is 0 Å². The molecule has 3 heteroatoms. The van der Waals surface area contributed by atoms with Gasteiger partial charge in [-0.05, 0) is 48.3 Å². The van der Waals surface area contributed by atoms with Gasteiger partial charge in [-0.3, -0.25) is 0 Å². The highest BCUT2D eigenvalue weighted by Gasteiger charge is 2.42. The van der Waals surface area contributed by atoms with Crippen molar-refractivity contribution in [1.29, 1.82) is 0 Å². The quantitative estimate of drug-likeness (QED) is 0.442. The van der Waals surface area contributed by atoms with E-state index in [0.717, 1.165) is 22.6 Å². The van der Waals surface area contributed by atoms with Crippen LogP contribution in [0.3, 0.4) is 0 Å². The van der Waals surface area contributed by atoms with Crippen molar-refractivity contribution in [3.8, 4) is 11.5 Å². The molecule has 0 radical (unpaired) electrons. The van der Waals surface area contributed by atoms with E-state index in [1.807, 2.05) is 0 Å². The molecule has 4 atom stereocenters. The van der Waals surface area contributed by atoms with Crippen molar-refractivity contribution >= 4 is 26.5 Å². The van der Waals surface area contributed by atoms with Crippen LogP contribution in [0.5, 0.6) is 11.5 Å². The Morgan fingerprint density at radius 3 is 1.40 bits per heavy atom. The van der Waals surface area contributed by atoms with E-state index in [-0.39, 0.29) is 21.3 Å². The molecule has 1 nitrogen and oxygen atoms in total. The second-order valence-electron chi connectivity index (χ2n) is 10.4. The molecule has 5 rings (SSSR count). The molecule has 0 spiro atoms. The van der Waals surface area contributed by atoms with Gasteiger partial charge in [0, 0.05) is 27.2 Å². The summed E-state index contributed by atoms with van der Waals surface area (Å²) in [5.74, 6) is 2.42. The van der Waals surface area contributed by atoms with Gasteiger partial charge in [-0.15, -0.1) is 0 Å². The lowest BCUT2D eigenvalue weighted by atomic mass is 9.76. The lowest BCUT2D eigenvalue weighted by Gasteiger charge is -2.39. The van der Waals surface area contributed by atoms with E-state index in [1.54, 1.807) is 0 Å². The average molecular weight is 439 g/mol. The topological polar surface area (TPSA) is 9.23 Å². The van der Waals surface area contributed by atoms with Crippen molar-refractivity contribution in [1.82, 2.24) is 0 Å². The van der Waals surface area contributed by atoms with Crippen LogP contribution in [0.25, 0.3) is 0 Å². The maximum Gasteiger partial charge on any atom is 0.139 e. The van der Waals surface area contributed by atoms with Crippen molar-refractivity contribution < 1.29 is 4.74 Å². The van der Waals surface area contributed by atoms with Crippen LogP contribution >= 0.6 is 15.8 Å². The van der Waals surface area contributed by atoms with Gasteiger partial charge in [-0.25, -0.2) is 0 Å². The van der Waals surface area contributed by atoms with E-state index in [4.69, 9.17) is 4.74 Å². The summed E-state index contributed by atoms with van der Waals surface area (Å²) in [7, 11) is -0.330. The van der Waals surface area contributed by atoms with Crippen LogP contribution in [0.1, 0.15) is 78.4 Å². The molecule has 0 amide bonds. The van der Waals surface area contributed by atoms with Gasteiger partial charge in [0.1, 0.15) is 11.5 Å². The summed E-state index contributed by atoms with van der Waals surface area (Å²) in [5.41, 5.74) is 5.94. The first kappa shape index (κ1) is 21.0. The molecule has 0 aromatic heterocycles. The Hall–Kier alpha value is -0.900. The third kappa shape index (κ3) is 3.11. The predicted octanol–water partition coefficient (Wildman–Crippen LogP) is 7.47. The smallest absolute Gasteiger partial charge is 0.139 e. The van der Waals surface area contributed by atoms with Crippen LogP contribution in [0, 0.1) is 0 Å². The Bertz CT molecular complexity index is 870. The molecular formula is C27H36OP2. The highest BCUT2D eigenvalue weighted by atomic mass is 31.1. The molecule has 2 fully saturated rings. The Kier molecular flexibility index (Phi) is 5.31. The Morgan fingerprint density at radius 1 is 0.667 bits per heavy atom. The van der Waals surface area contributed by atoms with Crippen LogP contribution in [-0.4, -0.2) is 22.6 Å². The first-order chi connectivity index (χ1) is 14.3. The van der Waals surface area contributed by atoms with Crippen molar-refractivity contribution in [2.24, 2.45) is 0 Å². The van der Waals surface area contributed by atoms with Gasteiger partial charge in [-0.2, -0.15) is 0 Å². The molecule has 0 saturated carbocycles. The molecule has 0 bridgehead atoms. The molecule has 160 valence electrons. The third-order valence-corrected chi connectivity index (χ3v) is 14.6. The molecule has 3 heterocycles. The first-order valence-electron chi connectivity index (χ1n) is 11.8. The fourth-order valence-electron chi connectivity index (χ4n) is 6.24. The normalized spacial score (nSPS) is 34.3. The fraction of sp³-hybridized carbons (Fsp3) is 0.556. The SMILES string of the molecule is CC1CCC(C)P1c1cccc2c1Oc1c(P3C(C)CCC3C)cccc1C2(C)C. The van der Waals surface area contributed by atoms with Gasteiger partial charge < -0.3 is 4.74 Å². The molecule has 2 saturated heterocycles. The van der Waals surface area contributed by atoms with Gasteiger partial charge in [0.2, 0.25) is 0 Å². The average Bonchev–Trinajstić information content (AvgIpc) is 3.22. The van der Waals surface area contributed by atoms with E-state index in [1.165, 1.54) is 58.9 Å². The lowest BCUT2D eigenvalue weighted by Crippen LogP contribution is -2.31. The molecule has 0 aliphatic carbocycles. The Balaban J connectivity index is 1.68. The minimum Gasteiger partial charge on any atom is -0.455 e. The summed E-state index contributed by atoms with van der Waals surface area (Å²) in [5, 5.41) is 3.04. The van der Waals surface area contributed by atoms with Crippen LogP contribution < -0.4 is 15.3 Å². The number of rotatable bonds is 2. The molecule has 0 N–H and O–H groups in total. The second kappa shape index (κ2) is 7.60. The largest absolute Gasteiger partial charge is 0.455 e. The monoisotopic (exact) mass is 438 g/mol. The number of hydrogen-bond acceptors (Lipinski definition) is 1. The zero-order valence-corrected chi connectivity index (χ0v) is 21.2. The van der Waals surface area contributed by atoms with Gasteiger partial charge in [0.15, 0.2) is 0 Å². The van der Waals surface area contributed by atoms with Crippen molar-refractivity contribution in [3.05, 3.63) is 47.5 Å². The molecule has 3 aliphatic heterocycles. The van der Waals surface area contributed by atoms with Gasteiger partial charge in [-0.1, -0.05) is 93.8 Å². The van der Waals surface area contributed by atoms with E-state index >= 15 is 0 Å². The highest BCUT2D eigenvalue weighted by molar-refractivity contribution is 7.68.